The molecule has 0 aromatic carbocycles. The maximum atomic E-state index is 12.6. The zero-order valence-electron chi connectivity index (χ0n) is 13.9. The summed E-state index contributed by atoms with van der Waals surface area (Å²) >= 11 is 6.85. The van der Waals surface area contributed by atoms with Crippen molar-refractivity contribution in [2.45, 2.75) is 36.3 Å². The predicted molar refractivity (Wildman–Crippen MR) is 100 cm³/mol. The van der Waals surface area contributed by atoms with Gasteiger partial charge >= 0.3 is 0 Å². The quantitative estimate of drug-likeness (QED) is 0.725. The summed E-state index contributed by atoms with van der Waals surface area (Å²) in [5.74, 6) is 0.439. The molecule has 0 amide bonds. The second kappa shape index (κ2) is 7.82. The third-order valence-electron chi connectivity index (χ3n) is 4.90. The molecular weight excluding hydrogens is 404 g/mol. The van der Waals surface area contributed by atoms with E-state index in [1.807, 2.05) is 0 Å². The maximum Gasteiger partial charge on any atom is 0.252 e. The normalized spacial score (nSPS) is 22.3. The number of sulfonamides is 2. The van der Waals surface area contributed by atoms with E-state index in [0.29, 0.717) is 4.34 Å². The second-order valence-electron chi connectivity index (χ2n) is 6.64. The largest absolute Gasteiger partial charge is 0.252 e. The number of nitrogens with zero attached hydrogens (tertiary/aromatic N) is 2. The molecule has 0 radical (unpaired) electrons. The number of hydrogen-bond donors (Lipinski definition) is 0. The Morgan fingerprint density at radius 3 is 2.12 bits per heavy atom. The molecule has 0 bridgehead atoms. The number of hydrogen-bond acceptors (Lipinski definition) is 5. The Kier molecular flexibility index (Phi) is 6.12. The Morgan fingerprint density at radius 1 is 0.960 bits per heavy atom. The average molecular weight is 427 g/mol. The van der Waals surface area contributed by atoms with Crippen molar-refractivity contribution >= 4 is 43.0 Å². The third-order valence-corrected chi connectivity index (χ3v) is 10.5. The lowest BCUT2D eigenvalue weighted by atomic mass is 9.91. The van der Waals surface area contributed by atoms with Crippen LogP contribution in [0.5, 0.6) is 0 Å². The zero-order chi connectivity index (χ0) is 18.1. The minimum atomic E-state index is -3.59. The van der Waals surface area contributed by atoms with E-state index in [9.17, 15) is 16.8 Å². The van der Waals surface area contributed by atoms with Gasteiger partial charge in [-0.25, -0.2) is 16.8 Å². The van der Waals surface area contributed by atoms with E-state index >= 15 is 0 Å². The lowest BCUT2D eigenvalue weighted by Crippen LogP contribution is -2.51. The van der Waals surface area contributed by atoms with E-state index in [-0.39, 0.29) is 42.1 Å². The maximum absolute atomic E-state index is 12.6. The Labute approximate surface area is 158 Å². The van der Waals surface area contributed by atoms with Gasteiger partial charge < -0.3 is 0 Å². The van der Waals surface area contributed by atoms with Crippen LogP contribution < -0.4 is 0 Å². The van der Waals surface area contributed by atoms with Crippen LogP contribution in [0.4, 0.5) is 0 Å². The smallest absolute Gasteiger partial charge is 0.212 e. The van der Waals surface area contributed by atoms with Crippen LogP contribution in [-0.4, -0.2) is 57.4 Å². The van der Waals surface area contributed by atoms with Crippen molar-refractivity contribution in [3.63, 3.8) is 0 Å². The summed E-state index contributed by atoms with van der Waals surface area (Å²) in [6.45, 7) is 0.796. The lowest BCUT2D eigenvalue weighted by Gasteiger charge is -2.34. The van der Waals surface area contributed by atoms with Crippen LogP contribution in [0.1, 0.15) is 32.1 Å². The van der Waals surface area contributed by atoms with Crippen molar-refractivity contribution < 1.29 is 16.8 Å². The molecular formula is C15H23ClN2O4S3. The van der Waals surface area contributed by atoms with Crippen molar-refractivity contribution in [1.29, 1.82) is 0 Å². The number of piperazine rings is 1. The molecule has 25 heavy (non-hydrogen) atoms. The number of halogens is 1. The van der Waals surface area contributed by atoms with Crippen LogP contribution in [0, 0.1) is 5.92 Å². The molecule has 6 nitrogen and oxygen atoms in total. The summed E-state index contributed by atoms with van der Waals surface area (Å²) in [6.07, 6.45) is 5.37. The van der Waals surface area contributed by atoms with Crippen molar-refractivity contribution in [3.8, 4) is 0 Å². The molecule has 1 saturated carbocycles. The molecule has 0 N–H and O–H groups in total. The Hall–Kier alpha value is -0.190. The molecule has 1 aliphatic carbocycles. The van der Waals surface area contributed by atoms with Crippen LogP contribution in [-0.2, 0) is 20.0 Å². The molecule has 3 rings (SSSR count). The standard InChI is InChI=1S/C15H23ClN2O4S3/c16-14-6-7-15(23-14)25(21,22)18-10-8-17(9-11-18)24(19,20)12-13-4-2-1-3-5-13/h6-7,13H,1-5,8-12H2. The molecule has 1 aliphatic heterocycles. The summed E-state index contributed by atoms with van der Waals surface area (Å²) < 4.78 is 53.8. The molecule has 142 valence electrons. The van der Waals surface area contributed by atoms with E-state index < -0.39 is 20.0 Å². The lowest BCUT2D eigenvalue weighted by molar-refractivity contribution is 0.270. The van der Waals surface area contributed by atoms with Gasteiger partial charge in [-0.1, -0.05) is 30.9 Å². The molecule has 10 heteroatoms. The minimum Gasteiger partial charge on any atom is -0.212 e. The monoisotopic (exact) mass is 426 g/mol. The first-order chi connectivity index (χ1) is 11.8. The van der Waals surface area contributed by atoms with Crippen molar-refractivity contribution in [3.05, 3.63) is 16.5 Å². The summed E-state index contributed by atoms with van der Waals surface area (Å²) in [7, 11) is -6.91. The number of rotatable bonds is 5. The predicted octanol–water partition coefficient (Wildman–Crippen LogP) is 2.62. The van der Waals surface area contributed by atoms with Crippen LogP contribution in [0.25, 0.3) is 0 Å². The van der Waals surface area contributed by atoms with Gasteiger partial charge in [0.15, 0.2) is 0 Å². The first-order valence-corrected chi connectivity index (χ1v) is 12.8. The van der Waals surface area contributed by atoms with E-state index in [4.69, 9.17) is 11.6 Å². The Balaban J connectivity index is 1.61. The molecule has 0 spiro atoms. The van der Waals surface area contributed by atoms with Gasteiger partial charge in [-0.15, -0.1) is 11.3 Å². The van der Waals surface area contributed by atoms with Gasteiger partial charge in [0.2, 0.25) is 10.0 Å². The first-order valence-electron chi connectivity index (χ1n) is 8.52. The van der Waals surface area contributed by atoms with E-state index in [1.54, 1.807) is 6.07 Å². The molecule has 1 aromatic rings. The van der Waals surface area contributed by atoms with Gasteiger partial charge in [0, 0.05) is 26.2 Å². The highest BCUT2D eigenvalue weighted by molar-refractivity contribution is 7.91. The highest BCUT2D eigenvalue weighted by Gasteiger charge is 2.34. The third kappa shape index (κ3) is 4.56. The topological polar surface area (TPSA) is 74.8 Å². The van der Waals surface area contributed by atoms with Gasteiger partial charge in [0.25, 0.3) is 10.0 Å². The Bertz CT molecular complexity index is 792. The van der Waals surface area contributed by atoms with Gasteiger partial charge in [-0.05, 0) is 30.9 Å². The molecule has 1 aromatic heterocycles. The highest BCUT2D eigenvalue weighted by Crippen LogP contribution is 2.29. The average Bonchev–Trinajstić information content (AvgIpc) is 3.03. The first kappa shape index (κ1) is 19.6. The molecule has 2 fully saturated rings. The molecule has 1 saturated heterocycles. The van der Waals surface area contributed by atoms with Crippen molar-refractivity contribution in [2.24, 2.45) is 5.92 Å². The van der Waals surface area contributed by atoms with Gasteiger partial charge in [0.1, 0.15) is 4.21 Å². The van der Waals surface area contributed by atoms with Crippen LogP contribution in [0.15, 0.2) is 16.3 Å². The minimum absolute atomic E-state index is 0.182. The SMILES string of the molecule is O=S(=O)(CC1CCCCC1)N1CCN(S(=O)(=O)c2ccc(Cl)s2)CC1. The molecule has 2 aliphatic rings. The van der Waals surface area contributed by atoms with E-state index in [0.717, 1.165) is 37.0 Å². The van der Waals surface area contributed by atoms with Crippen molar-refractivity contribution in [2.75, 3.05) is 31.9 Å². The summed E-state index contributed by atoms with van der Waals surface area (Å²) in [6, 6.07) is 3.05. The summed E-state index contributed by atoms with van der Waals surface area (Å²) in [4.78, 5) is 0. The van der Waals surface area contributed by atoms with Gasteiger partial charge in [-0.2, -0.15) is 8.61 Å². The summed E-state index contributed by atoms with van der Waals surface area (Å²) in [5, 5.41) is 0. The van der Waals surface area contributed by atoms with E-state index in [2.05, 4.69) is 0 Å². The fourth-order valence-electron chi connectivity index (χ4n) is 3.51. The van der Waals surface area contributed by atoms with Gasteiger partial charge in [0.05, 0.1) is 10.1 Å². The molecule has 2 heterocycles. The Morgan fingerprint density at radius 2 is 1.56 bits per heavy atom. The summed E-state index contributed by atoms with van der Waals surface area (Å²) in [5.41, 5.74) is 0. The second-order valence-corrected chi connectivity index (χ2v) is 12.5. The highest BCUT2D eigenvalue weighted by atomic mass is 35.5. The molecule has 0 unspecified atom stereocenters. The number of thiophene rings is 1. The van der Waals surface area contributed by atoms with E-state index in [1.165, 1.54) is 21.1 Å². The van der Waals surface area contributed by atoms with Gasteiger partial charge in [-0.3, -0.25) is 0 Å². The van der Waals surface area contributed by atoms with Crippen LogP contribution in [0.3, 0.4) is 0 Å². The fourth-order valence-corrected chi connectivity index (χ4v) is 8.43. The molecule has 0 atom stereocenters. The van der Waals surface area contributed by atoms with Crippen LogP contribution >= 0.6 is 22.9 Å². The zero-order valence-corrected chi connectivity index (χ0v) is 17.1. The van der Waals surface area contributed by atoms with Crippen molar-refractivity contribution in [1.82, 2.24) is 8.61 Å². The van der Waals surface area contributed by atoms with Crippen LogP contribution in [0.2, 0.25) is 4.34 Å². The fraction of sp³-hybridized carbons (Fsp3) is 0.733.